The number of amides is 1. The van der Waals surface area contributed by atoms with Gasteiger partial charge in [-0.05, 0) is 27.2 Å². The molecule has 2 aliphatic rings. The highest BCUT2D eigenvalue weighted by molar-refractivity contribution is 5.79. The minimum Gasteiger partial charge on any atom is -0.448 e. The highest BCUT2D eigenvalue weighted by Crippen LogP contribution is 2.44. The maximum atomic E-state index is 12.4. The molecule has 0 unspecified atom stereocenters. The fraction of sp³-hybridized carbons (Fsp3) is 0.250. The molecule has 146 valence electrons. The molecule has 3 aromatic rings. The molecule has 1 fully saturated rings. The lowest BCUT2D eigenvalue weighted by Crippen LogP contribution is -2.51. The first-order chi connectivity index (χ1) is 14.1. The predicted molar refractivity (Wildman–Crippen MR) is 102 cm³/mol. The Bertz CT molecular complexity index is 1060. The molecule has 2 heterocycles. The summed E-state index contributed by atoms with van der Waals surface area (Å²) in [6.45, 7) is 0.991. The Labute approximate surface area is 165 Å². The van der Waals surface area contributed by atoms with Gasteiger partial charge in [0.25, 0.3) is 0 Å². The van der Waals surface area contributed by atoms with Crippen molar-refractivity contribution in [3.05, 3.63) is 76.0 Å². The van der Waals surface area contributed by atoms with Gasteiger partial charge in [-0.1, -0.05) is 53.3 Å². The maximum Gasteiger partial charge on any atom is 0.410 e. The molecule has 9 nitrogen and oxygen atoms in total. The van der Waals surface area contributed by atoms with Crippen LogP contribution in [0.5, 0.6) is 0 Å². The van der Waals surface area contributed by atoms with E-state index in [1.165, 1.54) is 15.9 Å². The van der Waals surface area contributed by atoms with Crippen molar-refractivity contribution in [3.63, 3.8) is 0 Å². The number of fused-ring (bicyclic) bond motifs is 3. The number of ether oxygens (including phenoxy) is 1. The minimum atomic E-state index is -0.592. The highest BCUT2D eigenvalue weighted by atomic mass is 16.6. The van der Waals surface area contributed by atoms with Crippen molar-refractivity contribution < 1.29 is 14.5 Å². The monoisotopic (exact) mass is 391 g/mol. The van der Waals surface area contributed by atoms with Gasteiger partial charge in [-0.15, -0.1) is 5.10 Å². The number of carbonyl (C=O) groups excluding carboxylic acids is 1. The van der Waals surface area contributed by atoms with E-state index in [-0.39, 0.29) is 24.4 Å². The summed E-state index contributed by atoms with van der Waals surface area (Å²) in [7, 11) is 0. The molecule has 1 amide bonds. The lowest BCUT2D eigenvalue weighted by Gasteiger charge is -2.36. The van der Waals surface area contributed by atoms with Crippen LogP contribution in [0.1, 0.15) is 23.1 Å². The molecule has 0 atom stereocenters. The van der Waals surface area contributed by atoms with E-state index in [0.29, 0.717) is 13.1 Å². The van der Waals surface area contributed by atoms with E-state index < -0.39 is 11.0 Å². The quantitative estimate of drug-likeness (QED) is 0.500. The summed E-state index contributed by atoms with van der Waals surface area (Å²) >= 11 is 0. The van der Waals surface area contributed by atoms with Crippen molar-refractivity contribution in [1.29, 1.82) is 0 Å². The fourth-order valence-electron chi connectivity index (χ4n) is 3.96. The molecule has 0 N–H and O–H groups in total. The Kier molecular flexibility index (Phi) is 4.01. The van der Waals surface area contributed by atoms with Crippen LogP contribution < -0.4 is 0 Å². The fourth-order valence-corrected chi connectivity index (χ4v) is 3.96. The highest BCUT2D eigenvalue weighted by Gasteiger charge is 2.37. The zero-order valence-corrected chi connectivity index (χ0v) is 15.3. The SMILES string of the molecule is O=C(OCC1c2ccccc2-c2ccccc21)N1CC(n2ncc([N+](=O)[O-])n2)C1. The molecule has 2 aromatic carbocycles. The van der Waals surface area contributed by atoms with E-state index in [9.17, 15) is 14.9 Å². The third kappa shape index (κ3) is 2.91. The van der Waals surface area contributed by atoms with Gasteiger partial charge in [0.05, 0.1) is 18.2 Å². The van der Waals surface area contributed by atoms with Gasteiger partial charge in [-0.3, -0.25) is 0 Å². The summed E-state index contributed by atoms with van der Waals surface area (Å²) in [5.41, 5.74) is 4.69. The molecular formula is C20H17N5O4. The molecule has 1 aliphatic heterocycles. The normalized spacial score (nSPS) is 15.5. The molecule has 0 spiro atoms. The van der Waals surface area contributed by atoms with Crippen molar-refractivity contribution >= 4 is 11.9 Å². The third-order valence-electron chi connectivity index (χ3n) is 5.47. The second-order valence-electron chi connectivity index (χ2n) is 7.14. The van der Waals surface area contributed by atoms with Crippen molar-refractivity contribution in [1.82, 2.24) is 19.9 Å². The summed E-state index contributed by atoms with van der Waals surface area (Å²) in [6.07, 6.45) is 0.709. The second kappa shape index (κ2) is 6.69. The Morgan fingerprint density at radius 3 is 2.31 bits per heavy atom. The first-order valence-corrected chi connectivity index (χ1v) is 9.28. The number of aromatic nitrogens is 3. The first-order valence-electron chi connectivity index (χ1n) is 9.28. The van der Waals surface area contributed by atoms with Gasteiger partial charge in [0.15, 0.2) is 6.20 Å². The van der Waals surface area contributed by atoms with E-state index >= 15 is 0 Å². The zero-order valence-electron chi connectivity index (χ0n) is 15.3. The van der Waals surface area contributed by atoms with Gasteiger partial charge in [0.1, 0.15) is 12.6 Å². The van der Waals surface area contributed by atoms with Crippen molar-refractivity contribution in [2.24, 2.45) is 0 Å². The van der Waals surface area contributed by atoms with Crippen molar-refractivity contribution in [3.8, 4) is 11.1 Å². The van der Waals surface area contributed by atoms with Crippen LogP contribution in [0, 0.1) is 10.1 Å². The molecule has 0 radical (unpaired) electrons. The topological polar surface area (TPSA) is 103 Å². The standard InChI is InChI=1S/C20H17N5O4/c26-20(23-10-13(11-23)24-21-9-19(22-24)25(27)28)29-12-18-16-7-3-1-5-14(16)15-6-2-4-8-17(15)18/h1-9,13,18H,10-12H2. The van der Waals surface area contributed by atoms with Crippen LogP contribution in [0.2, 0.25) is 0 Å². The number of rotatable bonds is 4. The number of nitrogens with zero attached hydrogens (tertiary/aromatic N) is 5. The first kappa shape index (κ1) is 17.4. The van der Waals surface area contributed by atoms with Crippen LogP contribution in [0.4, 0.5) is 10.6 Å². The zero-order chi connectivity index (χ0) is 20.0. The Balaban J connectivity index is 1.22. The summed E-state index contributed by atoms with van der Waals surface area (Å²) in [6, 6.07) is 16.2. The van der Waals surface area contributed by atoms with Crippen LogP contribution in [0.15, 0.2) is 54.7 Å². The number of benzene rings is 2. The van der Waals surface area contributed by atoms with Crippen molar-refractivity contribution in [2.45, 2.75) is 12.0 Å². The second-order valence-corrected chi connectivity index (χ2v) is 7.14. The third-order valence-corrected chi connectivity index (χ3v) is 5.47. The van der Waals surface area contributed by atoms with Crippen LogP contribution in [0.25, 0.3) is 11.1 Å². The molecule has 1 saturated heterocycles. The van der Waals surface area contributed by atoms with Gasteiger partial charge < -0.3 is 19.8 Å². The lowest BCUT2D eigenvalue weighted by molar-refractivity contribution is -0.389. The number of nitro groups is 1. The van der Waals surface area contributed by atoms with E-state index in [2.05, 4.69) is 34.5 Å². The molecule has 1 aromatic heterocycles. The Hall–Kier alpha value is -3.75. The van der Waals surface area contributed by atoms with E-state index in [0.717, 1.165) is 17.3 Å². The van der Waals surface area contributed by atoms with E-state index in [1.807, 2.05) is 24.3 Å². The van der Waals surface area contributed by atoms with E-state index in [4.69, 9.17) is 4.74 Å². The van der Waals surface area contributed by atoms with Crippen LogP contribution in [-0.2, 0) is 4.74 Å². The van der Waals surface area contributed by atoms with Crippen LogP contribution in [-0.4, -0.2) is 50.6 Å². The molecule has 1 aliphatic carbocycles. The minimum absolute atomic E-state index is 0.0128. The average molecular weight is 391 g/mol. The molecule has 5 rings (SSSR count). The largest absolute Gasteiger partial charge is 0.448 e. The number of hydrogen-bond acceptors (Lipinski definition) is 6. The van der Waals surface area contributed by atoms with Gasteiger partial charge in [-0.2, -0.15) is 0 Å². The summed E-state index contributed by atoms with van der Waals surface area (Å²) in [5, 5.41) is 18.4. The van der Waals surface area contributed by atoms with Gasteiger partial charge >= 0.3 is 11.9 Å². The molecular weight excluding hydrogens is 374 g/mol. The lowest BCUT2D eigenvalue weighted by atomic mass is 9.98. The van der Waals surface area contributed by atoms with Gasteiger partial charge in [0, 0.05) is 5.92 Å². The van der Waals surface area contributed by atoms with Crippen LogP contribution in [0.3, 0.4) is 0 Å². The van der Waals surface area contributed by atoms with Crippen LogP contribution >= 0.6 is 0 Å². The van der Waals surface area contributed by atoms with Gasteiger partial charge in [0.2, 0.25) is 0 Å². The summed E-state index contributed by atoms with van der Waals surface area (Å²) in [4.78, 5) is 25.4. The van der Waals surface area contributed by atoms with Crippen molar-refractivity contribution in [2.75, 3.05) is 19.7 Å². The maximum absolute atomic E-state index is 12.4. The Morgan fingerprint density at radius 1 is 1.10 bits per heavy atom. The molecule has 0 saturated carbocycles. The Morgan fingerprint density at radius 2 is 1.72 bits per heavy atom. The summed E-state index contributed by atoms with van der Waals surface area (Å²) in [5.74, 6) is -0.288. The molecule has 29 heavy (non-hydrogen) atoms. The number of hydrogen-bond donors (Lipinski definition) is 0. The summed E-state index contributed by atoms with van der Waals surface area (Å²) < 4.78 is 5.60. The predicted octanol–water partition coefficient (Wildman–Crippen LogP) is 2.99. The van der Waals surface area contributed by atoms with E-state index in [1.54, 1.807) is 4.90 Å². The molecule has 9 heteroatoms. The smallest absolute Gasteiger partial charge is 0.410 e. The average Bonchev–Trinajstić information content (AvgIpc) is 3.29. The number of likely N-dealkylation sites (tertiary alicyclic amines) is 1. The molecule has 0 bridgehead atoms. The van der Waals surface area contributed by atoms with Gasteiger partial charge in [-0.25, -0.2) is 4.79 Å². The number of carbonyl (C=O) groups is 1.